The minimum atomic E-state index is -0.362. The molecule has 7 aromatic carbocycles. The van der Waals surface area contributed by atoms with Gasteiger partial charge in [-0.2, -0.15) is 0 Å². The zero-order valence-corrected chi connectivity index (χ0v) is 38.4. The summed E-state index contributed by atoms with van der Waals surface area (Å²) in [4.78, 5) is 62.6. The Labute approximate surface area is 398 Å². The molecule has 4 heterocycles. The highest BCUT2D eigenvalue weighted by atomic mass is 16.6. The first-order chi connectivity index (χ1) is 33.9. The van der Waals surface area contributed by atoms with E-state index >= 15 is 9.59 Å². The summed E-state index contributed by atoms with van der Waals surface area (Å²) in [6, 6.07) is 25.2. The van der Waals surface area contributed by atoms with Crippen LogP contribution >= 0.6 is 0 Å². The summed E-state index contributed by atoms with van der Waals surface area (Å²) in [5, 5.41) is 4.95. The third-order valence-electron chi connectivity index (χ3n) is 14.5. The van der Waals surface area contributed by atoms with Crippen LogP contribution in [0.5, 0.6) is 34.5 Å². The Balaban J connectivity index is 1.11. The van der Waals surface area contributed by atoms with Crippen LogP contribution in [0.3, 0.4) is 0 Å². The van der Waals surface area contributed by atoms with Crippen LogP contribution in [0.15, 0.2) is 84.9 Å². The average molecular weight is 929 g/mol. The fourth-order valence-electron chi connectivity index (χ4n) is 11.4. The van der Waals surface area contributed by atoms with Crippen molar-refractivity contribution in [2.45, 2.75) is 76.3 Å². The molecule has 13 rings (SSSR count). The molecule has 2 aliphatic carbocycles. The van der Waals surface area contributed by atoms with E-state index in [1.165, 1.54) is 9.80 Å². The van der Waals surface area contributed by atoms with Crippen LogP contribution in [0.2, 0.25) is 0 Å². The lowest BCUT2D eigenvalue weighted by molar-refractivity contribution is 0.00498. The summed E-state index contributed by atoms with van der Waals surface area (Å²) >= 11 is 0. The molecule has 0 spiro atoms. The maximum absolute atomic E-state index is 15.0. The van der Waals surface area contributed by atoms with Crippen LogP contribution in [0.1, 0.15) is 106 Å². The number of rotatable bonds is 2. The zero-order valence-electron chi connectivity index (χ0n) is 38.4. The van der Waals surface area contributed by atoms with Crippen molar-refractivity contribution in [2.75, 3.05) is 52.9 Å². The molecule has 7 aromatic rings. The number of carbonyl (C=O) groups excluding carboxylic acids is 4. The molecule has 0 atom stereocenters. The molecule has 13 nitrogen and oxygen atoms in total. The van der Waals surface area contributed by atoms with Crippen molar-refractivity contribution >= 4 is 66.7 Å². The molecule has 0 radical (unpaired) electrons. The lowest BCUT2D eigenvalue weighted by Crippen LogP contribution is -2.48. The summed E-state index contributed by atoms with van der Waals surface area (Å²) in [7, 11) is 0. The fraction of sp³-hybridized carbons (Fsp3) is 0.357. The van der Waals surface area contributed by atoms with E-state index in [1.807, 2.05) is 60.7 Å². The first kappa shape index (κ1) is 43.5. The highest BCUT2D eigenvalue weighted by Gasteiger charge is 2.42. The maximum Gasteiger partial charge on any atom is 0.261 e. The van der Waals surface area contributed by atoms with Gasteiger partial charge in [0.15, 0.2) is 0 Å². The van der Waals surface area contributed by atoms with Crippen LogP contribution in [0, 0.1) is 0 Å². The second-order valence-electron chi connectivity index (χ2n) is 18.6. The molecule has 352 valence electrons. The third-order valence-corrected chi connectivity index (χ3v) is 14.5. The first-order valence-corrected chi connectivity index (χ1v) is 24.5. The van der Waals surface area contributed by atoms with Gasteiger partial charge in [0, 0.05) is 67.7 Å². The van der Waals surface area contributed by atoms with Gasteiger partial charge in [-0.1, -0.05) is 62.8 Å². The average Bonchev–Trinajstić information content (AvgIpc) is 3.37. The minimum absolute atomic E-state index is 0.219. The molecule has 0 unspecified atom stereocenters. The molecule has 2 fully saturated rings. The van der Waals surface area contributed by atoms with E-state index in [2.05, 4.69) is 0 Å². The molecule has 2 saturated carbocycles. The van der Waals surface area contributed by atoms with Crippen molar-refractivity contribution in [1.82, 2.24) is 9.80 Å². The second-order valence-corrected chi connectivity index (χ2v) is 18.6. The van der Waals surface area contributed by atoms with Crippen LogP contribution in [0.4, 0.5) is 0 Å². The highest BCUT2D eigenvalue weighted by Crippen LogP contribution is 2.53. The summed E-state index contributed by atoms with van der Waals surface area (Å²) in [6.45, 7) is 2.87. The van der Waals surface area contributed by atoms with Crippen molar-refractivity contribution in [3.05, 3.63) is 107 Å². The van der Waals surface area contributed by atoms with E-state index in [0.29, 0.717) is 139 Å². The number of nitrogens with zero attached hydrogens (tertiary/aromatic N) is 2. The second kappa shape index (κ2) is 18.3. The van der Waals surface area contributed by atoms with Crippen molar-refractivity contribution in [1.29, 1.82) is 0 Å². The quantitative estimate of drug-likeness (QED) is 0.0708. The van der Waals surface area contributed by atoms with Crippen LogP contribution in [-0.4, -0.2) is 98.4 Å². The van der Waals surface area contributed by atoms with Crippen molar-refractivity contribution < 1.29 is 52.3 Å². The van der Waals surface area contributed by atoms with Gasteiger partial charge in [0.25, 0.3) is 23.6 Å². The van der Waals surface area contributed by atoms with Gasteiger partial charge in [-0.05, 0) is 85.0 Å². The Hall–Kier alpha value is -6.80. The largest absolute Gasteiger partial charge is 0.491 e. The molecule has 13 heteroatoms. The number of ether oxygens (including phenoxy) is 7. The predicted octanol–water partition coefficient (Wildman–Crippen LogP) is 11.0. The normalized spacial score (nSPS) is 19.4. The highest BCUT2D eigenvalue weighted by molar-refractivity contribution is 6.43. The molecule has 0 saturated heterocycles. The van der Waals surface area contributed by atoms with Gasteiger partial charge in [0.05, 0.1) is 50.8 Å². The summed E-state index contributed by atoms with van der Waals surface area (Å²) in [5.41, 5.74) is 1.59. The maximum atomic E-state index is 15.0. The predicted molar refractivity (Wildman–Crippen MR) is 259 cm³/mol. The fourth-order valence-corrected chi connectivity index (χ4v) is 11.4. The molecule has 4 amide bonds. The molecule has 0 aromatic heterocycles. The monoisotopic (exact) mass is 928 g/mol. The number of fused-ring (bicyclic) bond motifs is 12. The summed E-state index contributed by atoms with van der Waals surface area (Å²) < 4.78 is 43.4. The Morgan fingerprint density at radius 2 is 0.739 bits per heavy atom. The van der Waals surface area contributed by atoms with Crippen molar-refractivity contribution in [3.63, 3.8) is 0 Å². The van der Waals surface area contributed by atoms with Crippen LogP contribution in [0.25, 0.3) is 43.1 Å². The SMILES string of the molecule is O=C1c2ccc3c4c5cc6c7c(ccc(c8c(cc(c2c38)C(=O)N1C1CCCCC1)Oc1cccc(c1)OCCOCCOCCOCCOc1cccc(c1)O5)c74)C(=O)N(C1CCCCC1)C6=O. The van der Waals surface area contributed by atoms with Gasteiger partial charge in [0.1, 0.15) is 47.7 Å². The Bertz CT molecular complexity index is 2980. The summed E-state index contributed by atoms with van der Waals surface area (Å²) in [5.74, 6) is 1.42. The number of amides is 4. The molecular weight excluding hydrogens is 877 g/mol. The zero-order chi connectivity index (χ0) is 46.6. The van der Waals surface area contributed by atoms with Crippen molar-refractivity contribution in [2.24, 2.45) is 0 Å². The van der Waals surface area contributed by atoms with E-state index in [9.17, 15) is 9.59 Å². The Morgan fingerprint density at radius 1 is 0.362 bits per heavy atom. The lowest BCUT2D eigenvalue weighted by atomic mass is 9.80. The number of carbonyl (C=O) groups is 4. The number of hydrogen-bond donors (Lipinski definition) is 0. The Morgan fingerprint density at radius 3 is 1.16 bits per heavy atom. The Kier molecular flexibility index (Phi) is 11.5. The molecule has 4 aliphatic heterocycles. The number of imide groups is 2. The topological polar surface area (TPSA) is 139 Å². The lowest BCUT2D eigenvalue weighted by Gasteiger charge is -2.37. The van der Waals surface area contributed by atoms with Crippen molar-refractivity contribution in [3.8, 4) is 34.5 Å². The van der Waals surface area contributed by atoms with E-state index in [0.717, 1.165) is 64.2 Å². The van der Waals surface area contributed by atoms with Gasteiger partial charge in [-0.3, -0.25) is 29.0 Å². The summed E-state index contributed by atoms with van der Waals surface area (Å²) in [6.07, 6.45) is 8.88. The molecule has 10 bridgehead atoms. The van der Waals surface area contributed by atoms with Crippen LogP contribution in [-0.2, 0) is 14.2 Å². The van der Waals surface area contributed by atoms with Gasteiger partial charge < -0.3 is 33.2 Å². The molecule has 6 aliphatic rings. The standard InChI is InChI=1S/C56H52N2O11/c59-53-41-19-17-39-50-46-32-44-48-42(54(60)58(56(44)62)34-11-5-2-6-12-34)20-18-40(52(48)50)49-45(31-43(47(41)51(39)49)55(61)57(53)33-9-3-1-4-10-33)68-37-15-7-13-35(29-37)66-27-25-64-23-21-63-22-24-65-26-28-67-36-14-8-16-38(30-36)69-46/h7-8,13-20,29-34H,1-6,9-12,21-28H2. The van der Waals surface area contributed by atoms with Gasteiger partial charge in [-0.15, -0.1) is 0 Å². The third kappa shape index (κ3) is 7.67. The van der Waals surface area contributed by atoms with Gasteiger partial charge >= 0.3 is 0 Å². The van der Waals surface area contributed by atoms with Gasteiger partial charge in [0.2, 0.25) is 0 Å². The van der Waals surface area contributed by atoms with E-state index < -0.39 is 0 Å². The molecule has 0 N–H and O–H groups in total. The number of hydrogen-bond acceptors (Lipinski definition) is 11. The van der Waals surface area contributed by atoms with Gasteiger partial charge in [-0.25, -0.2) is 0 Å². The van der Waals surface area contributed by atoms with E-state index in [-0.39, 0.29) is 48.9 Å². The smallest absolute Gasteiger partial charge is 0.261 e. The van der Waals surface area contributed by atoms with E-state index in [1.54, 1.807) is 24.3 Å². The minimum Gasteiger partial charge on any atom is -0.491 e. The molecular formula is C56H52N2O11. The van der Waals surface area contributed by atoms with Crippen LogP contribution < -0.4 is 18.9 Å². The molecule has 69 heavy (non-hydrogen) atoms. The first-order valence-electron chi connectivity index (χ1n) is 24.5. The number of benzene rings is 7. The van der Waals surface area contributed by atoms with E-state index in [4.69, 9.17) is 33.2 Å².